The zero-order chi connectivity index (χ0) is 13.0. The summed E-state index contributed by atoms with van der Waals surface area (Å²) in [6.45, 7) is 2.28. The molecule has 1 aromatic carbocycles. The van der Waals surface area contributed by atoms with Gasteiger partial charge in [-0.3, -0.25) is 4.79 Å². The second-order valence-corrected chi connectivity index (χ2v) is 5.28. The standard InChI is InChI=1S/C15H22N2O/c1-12(11-16)14(18)17-15(9-5-6-10-15)13-7-3-2-4-8-13/h2-4,7-8,12H,5-6,9-11,16H2,1H3,(H,17,18). The van der Waals surface area contributed by atoms with Gasteiger partial charge in [-0.25, -0.2) is 0 Å². The number of rotatable bonds is 4. The topological polar surface area (TPSA) is 55.1 Å². The molecule has 2 rings (SSSR count). The van der Waals surface area contributed by atoms with E-state index in [0.717, 1.165) is 12.8 Å². The second kappa shape index (κ2) is 5.53. The Hall–Kier alpha value is -1.35. The Morgan fingerprint density at radius 1 is 1.33 bits per heavy atom. The van der Waals surface area contributed by atoms with E-state index in [-0.39, 0.29) is 17.4 Å². The molecular formula is C15H22N2O. The summed E-state index contributed by atoms with van der Waals surface area (Å²) in [5.41, 5.74) is 6.63. The number of nitrogens with one attached hydrogen (secondary N) is 1. The van der Waals surface area contributed by atoms with Gasteiger partial charge in [0.15, 0.2) is 0 Å². The van der Waals surface area contributed by atoms with E-state index < -0.39 is 0 Å². The van der Waals surface area contributed by atoms with Crippen LogP contribution < -0.4 is 11.1 Å². The minimum Gasteiger partial charge on any atom is -0.346 e. The highest BCUT2D eigenvalue weighted by molar-refractivity contribution is 5.79. The smallest absolute Gasteiger partial charge is 0.224 e. The fraction of sp³-hybridized carbons (Fsp3) is 0.533. The van der Waals surface area contributed by atoms with Crippen LogP contribution in [0.4, 0.5) is 0 Å². The van der Waals surface area contributed by atoms with Crippen molar-refractivity contribution in [2.75, 3.05) is 6.54 Å². The molecule has 0 aromatic heterocycles. The number of amides is 1. The highest BCUT2D eigenvalue weighted by Gasteiger charge is 2.37. The van der Waals surface area contributed by atoms with Crippen LogP contribution in [-0.4, -0.2) is 12.5 Å². The molecule has 98 valence electrons. The highest BCUT2D eigenvalue weighted by atomic mass is 16.2. The first-order valence-corrected chi connectivity index (χ1v) is 6.75. The summed E-state index contributed by atoms with van der Waals surface area (Å²) >= 11 is 0. The fourth-order valence-electron chi connectivity index (χ4n) is 2.69. The molecule has 0 spiro atoms. The van der Waals surface area contributed by atoms with E-state index in [2.05, 4.69) is 17.4 Å². The Balaban J connectivity index is 2.20. The summed E-state index contributed by atoms with van der Waals surface area (Å²) in [5.74, 6) is -0.0468. The molecule has 3 N–H and O–H groups in total. The molecular weight excluding hydrogens is 224 g/mol. The second-order valence-electron chi connectivity index (χ2n) is 5.28. The SMILES string of the molecule is CC(CN)C(=O)NC1(c2ccccc2)CCCC1. The molecule has 0 bridgehead atoms. The van der Waals surface area contributed by atoms with Crippen LogP contribution >= 0.6 is 0 Å². The minimum absolute atomic E-state index is 0.0725. The van der Waals surface area contributed by atoms with Crippen molar-refractivity contribution >= 4 is 5.91 Å². The van der Waals surface area contributed by atoms with Crippen LogP contribution in [0.15, 0.2) is 30.3 Å². The lowest BCUT2D eigenvalue weighted by molar-refractivity contribution is -0.126. The van der Waals surface area contributed by atoms with E-state index in [1.807, 2.05) is 25.1 Å². The number of benzene rings is 1. The maximum atomic E-state index is 12.1. The Morgan fingerprint density at radius 3 is 2.50 bits per heavy atom. The molecule has 1 aliphatic carbocycles. The molecule has 0 radical (unpaired) electrons. The molecule has 0 aliphatic heterocycles. The summed E-state index contributed by atoms with van der Waals surface area (Å²) in [5, 5.41) is 3.24. The van der Waals surface area contributed by atoms with E-state index in [1.165, 1.54) is 18.4 Å². The van der Waals surface area contributed by atoms with Gasteiger partial charge in [0.05, 0.1) is 5.54 Å². The largest absolute Gasteiger partial charge is 0.346 e. The Morgan fingerprint density at radius 2 is 1.94 bits per heavy atom. The molecule has 3 heteroatoms. The van der Waals surface area contributed by atoms with Gasteiger partial charge in [0.2, 0.25) is 5.91 Å². The molecule has 3 nitrogen and oxygen atoms in total. The van der Waals surface area contributed by atoms with Crippen LogP contribution in [-0.2, 0) is 10.3 Å². The molecule has 1 saturated carbocycles. The molecule has 1 amide bonds. The summed E-state index contributed by atoms with van der Waals surface area (Å²) in [6, 6.07) is 10.3. The van der Waals surface area contributed by atoms with Crippen molar-refractivity contribution in [3.8, 4) is 0 Å². The lowest BCUT2D eigenvalue weighted by Crippen LogP contribution is -2.47. The van der Waals surface area contributed by atoms with Crippen molar-refractivity contribution in [1.29, 1.82) is 0 Å². The van der Waals surface area contributed by atoms with Gasteiger partial charge >= 0.3 is 0 Å². The minimum atomic E-state index is -0.165. The number of carbonyl (C=O) groups is 1. The zero-order valence-corrected chi connectivity index (χ0v) is 11.0. The molecule has 1 fully saturated rings. The van der Waals surface area contributed by atoms with Crippen LogP contribution in [0.5, 0.6) is 0 Å². The Kier molecular flexibility index (Phi) is 4.02. The molecule has 1 aromatic rings. The monoisotopic (exact) mass is 246 g/mol. The first-order chi connectivity index (χ1) is 8.68. The van der Waals surface area contributed by atoms with Gasteiger partial charge in [-0.05, 0) is 18.4 Å². The van der Waals surface area contributed by atoms with Crippen molar-refractivity contribution in [3.63, 3.8) is 0 Å². The molecule has 1 aliphatic rings. The number of hydrogen-bond acceptors (Lipinski definition) is 2. The van der Waals surface area contributed by atoms with E-state index >= 15 is 0 Å². The van der Waals surface area contributed by atoms with Crippen LogP contribution in [0.1, 0.15) is 38.2 Å². The third kappa shape index (κ3) is 2.56. The molecule has 0 heterocycles. The predicted molar refractivity (Wildman–Crippen MR) is 72.9 cm³/mol. The van der Waals surface area contributed by atoms with E-state index in [1.54, 1.807) is 0 Å². The number of hydrogen-bond donors (Lipinski definition) is 2. The van der Waals surface area contributed by atoms with Gasteiger partial charge in [-0.1, -0.05) is 50.1 Å². The lowest BCUT2D eigenvalue weighted by atomic mass is 9.87. The third-order valence-corrected chi connectivity index (χ3v) is 3.95. The van der Waals surface area contributed by atoms with Gasteiger partial charge in [-0.15, -0.1) is 0 Å². The van der Waals surface area contributed by atoms with Gasteiger partial charge in [0.25, 0.3) is 0 Å². The molecule has 1 unspecified atom stereocenters. The van der Waals surface area contributed by atoms with E-state index in [0.29, 0.717) is 6.54 Å². The predicted octanol–water partition coefficient (Wildman–Crippen LogP) is 2.17. The summed E-state index contributed by atoms with van der Waals surface area (Å²) in [7, 11) is 0. The summed E-state index contributed by atoms with van der Waals surface area (Å²) in [4.78, 5) is 12.1. The first kappa shape index (κ1) is 13.1. The fourth-order valence-corrected chi connectivity index (χ4v) is 2.69. The van der Waals surface area contributed by atoms with E-state index in [4.69, 9.17) is 5.73 Å². The van der Waals surface area contributed by atoms with Crippen molar-refractivity contribution in [1.82, 2.24) is 5.32 Å². The quantitative estimate of drug-likeness (QED) is 0.855. The maximum Gasteiger partial charge on any atom is 0.224 e. The molecule has 0 saturated heterocycles. The third-order valence-electron chi connectivity index (χ3n) is 3.95. The normalized spacial score (nSPS) is 19.4. The number of carbonyl (C=O) groups excluding carboxylic acids is 1. The van der Waals surface area contributed by atoms with Crippen molar-refractivity contribution in [2.24, 2.45) is 11.7 Å². The van der Waals surface area contributed by atoms with Crippen molar-refractivity contribution in [2.45, 2.75) is 38.1 Å². The van der Waals surface area contributed by atoms with Gasteiger partial charge in [0, 0.05) is 12.5 Å². The number of nitrogens with two attached hydrogens (primary N) is 1. The van der Waals surface area contributed by atoms with Crippen LogP contribution in [0.25, 0.3) is 0 Å². The lowest BCUT2D eigenvalue weighted by Gasteiger charge is -2.32. The summed E-state index contributed by atoms with van der Waals surface area (Å²) < 4.78 is 0. The highest BCUT2D eigenvalue weighted by Crippen LogP contribution is 2.38. The van der Waals surface area contributed by atoms with Gasteiger partial charge in [-0.2, -0.15) is 0 Å². The summed E-state index contributed by atoms with van der Waals surface area (Å²) in [6.07, 6.45) is 4.40. The Bertz CT molecular complexity index is 396. The van der Waals surface area contributed by atoms with Gasteiger partial charge < -0.3 is 11.1 Å². The van der Waals surface area contributed by atoms with Crippen molar-refractivity contribution in [3.05, 3.63) is 35.9 Å². The van der Waals surface area contributed by atoms with E-state index in [9.17, 15) is 4.79 Å². The average Bonchev–Trinajstić information content (AvgIpc) is 2.88. The molecule has 18 heavy (non-hydrogen) atoms. The van der Waals surface area contributed by atoms with Crippen molar-refractivity contribution < 1.29 is 4.79 Å². The average molecular weight is 246 g/mol. The maximum absolute atomic E-state index is 12.1. The van der Waals surface area contributed by atoms with Crippen LogP contribution in [0, 0.1) is 5.92 Å². The van der Waals surface area contributed by atoms with Crippen LogP contribution in [0.2, 0.25) is 0 Å². The van der Waals surface area contributed by atoms with Gasteiger partial charge in [0.1, 0.15) is 0 Å². The molecule has 1 atom stereocenters. The Labute approximate surface area is 109 Å². The zero-order valence-electron chi connectivity index (χ0n) is 11.0. The van der Waals surface area contributed by atoms with Crippen LogP contribution in [0.3, 0.4) is 0 Å². The first-order valence-electron chi connectivity index (χ1n) is 6.75.